The summed E-state index contributed by atoms with van der Waals surface area (Å²) in [6.07, 6.45) is 7.27. The predicted octanol–water partition coefficient (Wildman–Crippen LogP) is 3.15. The van der Waals surface area contributed by atoms with Gasteiger partial charge in [-0.1, -0.05) is 6.07 Å². The molecule has 1 aliphatic heterocycles. The van der Waals surface area contributed by atoms with Gasteiger partial charge in [0.05, 0.1) is 11.9 Å². The predicted molar refractivity (Wildman–Crippen MR) is 115 cm³/mol. The third kappa shape index (κ3) is 4.34. The number of rotatable bonds is 6. The van der Waals surface area contributed by atoms with Crippen LogP contribution in [0.5, 0.6) is 0 Å². The first-order chi connectivity index (χ1) is 15.1. The number of tetrazole rings is 1. The van der Waals surface area contributed by atoms with Crippen molar-refractivity contribution in [1.29, 1.82) is 0 Å². The zero-order valence-electron chi connectivity index (χ0n) is 17.6. The summed E-state index contributed by atoms with van der Waals surface area (Å²) in [5.74, 6) is 0.116. The monoisotopic (exact) mass is 423 g/mol. The van der Waals surface area contributed by atoms with E-state index in [9.17, 15) is 4.39 Å². The minimum atomic E-state index is -0.446. The Morgan fingerprint density at radius 2 is 1.94 bits per heavy atom. The Balaban J connectivity index is 1.29. The van der Waals surface area contributed by atoms with Crippen LogP contribution in [0.3, 0.4) is 0 Å². The van der Waals surface area contributed by atoms with Gasteiger partial charge in [-0.15, -0.1) is 5.10 Å². The van der Waals surface area contributed by atoms with Gasteiger partial charge in [0.25, 0.3) is 0 Å². The first-order valence-electron chi connectivity index (χ1n) is 10.7. The number of nitrogens with zero attached hydrogens (tertiary/aromatic N) is 7. The fourth-order valence-electron chi connectivity index (χ4n) is 4.66. The van der Waals surface area contributed by atoms with Gasteiger partial charge in [0.2, 0.25) is 5.95 Å². The third-order valence-electron chi connectivity index (χ3n) is 6.04. The molecule has 2 atom stereocenters. The van der Waals surface area contributed by atoms with Crippen LogP contribution in [-0.4, -0.2) is 59.2 Å². The van der Waals surface area contributed by atoms with Crippen molar-refractivity contribution in [3.8, 4) is 5.69 Å². The van der Waals surface area contributed by atoms with E-state index < -0.39 is 5.82 Å². The standard InChI is InChI=1S/C21H26FN9/c1-13-8-16(9-14(2)31(13)17-6-7-17)25-20-19(22)11-23-21(27-20)26-15-4-3-5-18(10-15)30-12-24-28-29-30/h3-5,10-14,16-17H,6-9H2,1-2H3,(H2,23,25,26,27). The number of piperidine rings is 1. The van der Waals surface area contributed by atoms with Crippen molar-refractivity contribution in [3.05, 3.63) is 42.6 Å². The summed E-state index contributed by atoms with van der Waals surface area (Å²) < 4.78 is 16.0. The lowest BCUT2D eigenvalue weighted by Crippen LogP contribution is -2.51. The molecule has 10 heteroatoms. The maximum absolute atomic E-state index is 14.5. The minimum Gasteiger partial charge on any atom is -0.365 e. The molecule has 2 aliphatic rings. The Hall–Kier alpha value is -3.14. The van der Waals surface area contributed by atoms with Crippen molar-refractivity contribution in [2.24, 2.45) is 0 Å². The van der Waals surface area contributed by atoms with Crippen LogP contribution in [0.1, 0.15) is 39.5 Å². The van der Waals surface area contributed by atoms with E-state index in [1.807, 2.05) is 24.3 Å². The lowest BCUT2D eigenvalue weighted by atomic mass is 9.92. The van der Waals surface area contributed by atoms with E-state index in [0.29, 0.717) is 18.0 Å². The molecule has 2 unspecified atom stereocenters. The first kappa shape index (κ1) is 19.8. The van der Waals surface area contributed by atoms with Crippen molar-refractivity contribution in [1.82, 2.24) is 35.1 Å². The highest BCUT2D eigenvalue weighted by atomic mass is 19.1. The Morgan fingerprint density at radius 1 is 1.13 bits per heavy atom. The summed E-state index contributed by atoms with van der Waals surface area (Å²) in [4.78, 5) is 11.1. The molecule has 31 heavy (non-hydrogen) atoms. The van der Waals surface area contributed by atoms with Crippen LogP contribution >= 0.6 is 0 Å². The summed E-state index contributed by atoms with van der Waals surface area (Å²) in [7, 11) is 0. The summed E-state index contributed by atoms with van der Waals surface area (Å²) in [6, 6.07) is 9.38. The second kappa shape index (κ2) is 8.18. The normalized spacial score (nSPS) is 24.2. The molecule has 5 rings (SSSR count). The summed E-state index contributed by atoms with van der Waals surface area (Å²) in [5, 5.41) is 17.7. The third-order valence-corrected chi connectivity index (χ3v) is 6.04. The number of likely N-dealkylation sites (tertiary alicyclic amines) is 1. The number of hydrogen-bond donors (Lipinski definition) is 2. The van der Waals surface area contributed by atoms with Gasteiger partial charge in [-0.2, -0.15) is 4.98 Å². The van der Waals surface area contributed by atoms with Crippen LogP contribution in [0, 0.1) is 5.82 Å². The van der Waals surface area contributed by atoms with Crippen LogP contribution in [-0.2, 0) is 0 Å². The van der Waals surface area contributed by atoms with Gasteiger partial charge in [-0.05, 0) is 68.2 Å². The van der Waals surface area contributed by atoms with Gasteiger partial charge in [-0.25, -0.2) is 14.1 Å². The minimum absolute atomic E-state index is 0.181. The number of aromatic nitrogens is 6. The van der Waals surface area contributed by atoms with E-state index in [1.165, 1.54) is 25.4 Å². The molecule has 1 aromatic carbocycles. The number of halogens is 1. The number of hydrogen-bond acceptors (Lipinski definition) is 8. The Bertz CT molecular complexity index is 1030. The van der Waals surface area contributed by atoms with Crippen molar-refractivity contribution in [2.75, 3.05) is 10.6 Å². The molecule has 0 amide bonds. The molecule has 9 nitrogen and oxygen atoms in total. The maximum Gasteiger partial charge on any atom is 0.229 e. The molecule has 1 saturated carbocycles. The molecule has 1 aliphatic carbocycles. The molecule has 162 valence electrons. The van der Waals surface area contributed by atoms with E-state index in [0.717, 1.165) is 30.3 Å². The first-order valence-corrected chi connectivity index (χ1v) is 10.7. The van der Waals surface area contributed by atoms with Crippen LogP contribution in [0.2, 0.25) is 0 Å². The molecular weight excluding hydrogens is 397 g/mol. The number of anilines is 3. The molecule has 0 bridgehead atoms. The zero-order valence-corrected chi connectivity index (χ0v) is 17.6. The fraction of sp³-hybridized carbons (Fsp3) is 0.476. The fourth-order valence-corrected chi connectivity index (χ4v) is 4.66. The van der Waals surface area contributed by atoms with Gasteiger partial charge in [0.15, 0.2) is 11.6 Å². The van der Waals surface area contributed by atoms with Crippen molar-refractivity contribution >= 4 is 17.5 Å². The maximum atomic E-state index is 14.5. The molecule has 2 fully saturated rings. The van der Waals surface area contributed by atoms with E-state index in [2.05, 4.69) is 54.9 Å². The lowest BCUT2D eigenvalue weighted by molar-refractivity contribution is 0.0877. The SMILES string of the molecule is CC1CC(Nc2nc(Nc3cccc(-n4cnnn4)c3)ncc2F)CC(C)N1C1CC1. The summed E-state index contributed by atoms with van der Waals surface area (Å²) in [5.41, 5.74) is 1.55. The zero-order chi connectivity index (χ0) is 21.4. The summed E-state index contributed by atoms with van der Waals surface area (Å²) in [6.45, 7) is 4.53. The average molecular weight is 424 g/mol. The van der Waals surface area contributed by atoms with E-state index in [4.69, 9.17) is 0 Å². The Kier molecular flexibility index (Phi) is 5.23. The van der Waals surface area contributed by atoms with Gasteiger partial charge >= 0.3 is 0 Å². The van der Waals surface area contributed by atoms with Crippen LogP contribution < -0.4 is 10.6 Å². The molecule has 2 N–H and O–H groups in total. The average Bonchev–Trinajstić information content (AvgIpc) is 3.41. The molecule has 2 aromatic heterocycles. The number of nitrogens with one attached hydrogen (secondary N) is 2. The molecule has 1 saturated heterocycles. The van der Waals surface area contributed by atoms with Gasteiger partial charge in [-0.3, -0.25) is 4.90 Å². The van der Waals surface area contributed by atoms with E-state index >= 15 is 0 Å². The molecule has 3 heterocycles. The van der Waals surface area contributed by atoms with Crippen LogP contribution in [0.4, 0.5) is 21.8 Å². The molecule has 3 aromatic rings. The largest absolute Gasteiger partial charge is 0.365 e. The highest BCUT2D eigenvalue weighted by Gasteiger charge is 2.40. The number of benzene rings is 1. The lowest BCUT2D eigenvalue weighted by Gasteiger charge is -2.43. The van der Waals surface area contributed by atoms with Gasteiger partial charge < -0.3 is 10.6 Å². The van der Waals surface area contributed by atoms with Crippen molar-refractivity contribution < 1.29 is 4.39 Å². The Labute approximate surface area is 180 Å². The molecule has 0 spiro atoms. The van der Waals surface area contributed by atoms with Crippen LogP contribution in [0.25, 0.3) is 5.69 Å². The second-order valence-corrected chi connectivity index (χ2v) is 8.51. The smallest absolute Gasteiger partial charge is 0.229 e. The van der Waals surface area contributed by atoms with E-state index in [-0.39, 0.29) is 11.9 Å². The topological polar surface area (TPSA) is 96.7 Å². The van der Waals surface area contributed by atoms with Crippen molar-refractivity contribution in [2.45, 2.75) is 63.7 Å². The molecule has 0 radical (unpaired) electrons. The molecular formula is C21H26FN9. The summed E-state index contributed by atoms with van der Waals surface area (Å²) >= 11 is 0. The van der Waals surface area contributed by atoms with Crippen LogP contribution in [0.15, 0.2) is 36.8 Å². The highest BCUT2D eigenvalue weighted by molar-refractivity contribution is 5.58. The second-order valence-electron chi connectivity index (χ2n) is 8.51. The quantitative estimate of drug-likeness (QED) is 0.624. The highest BCUT2D eigenvalue weighted by Crippen LogP contribution is 2.36. The Morgan fingerprint density at radius 3 is 2.65 bits per heavy atom. The van der Waals surface area contributed by atoms with Crippen molar-refractivity contribution in [3.63, 3.8) is 0 Å². The van der Waals surface area contributed by atoms with E-state index in [1.54, 1.807) is 4.68 Å². The van der Waals surface area contributed by atoms with Gasteiger partial charge in [0.1, 0.15) is 6.33 Å². The van der Waals surface area contributed by atoms with Gasteiger partial charge in [0, 0.05) is 29.9 Å².